The molecule has 0 spiro atoms. The number of aliphatic hydroxyl groups is 1. The molecule has 0 bridgehead atoms. The largest absolute Gasteiger partial charge is 0.481 e. The maximum absolute atomic E-state index is 12.1. The predicted octanol–water partition coefficient (Wildman–Crippen LogP) is 2.81. The zero-order valence-electron chi connectivity index (χ0n) is 12.9. The third kappa shape index (κ3) is 4.53. The van der Waals surface area contributed by atoms with Crippen LogP contribution in [-0.2, 0) is 4.79 Å². The van der Waals surface area contributed by atoms with Crippen molar-refractivity contribution >= 4 is 5.91 Å². The highest BCUT2D eigenvalue weighted by atomic mass is 16.5. The van der Waals surface area contributed by atoms with Gasteiger partial charge in [0.25, 0.3) is 5.91 Å². The Labute approximate surface area is 121 Å². The fourth-order valence-corrected chi connectivity index (χ4v) is 1.70. The molecule has 20 heavy (non-hydrogen) atoms. The number of nitrogens with one attached hydrogen (secondary N) is 1. The van der Waals surface area contributed by atoms with Crippen molar-refractivity contribution < 1.29 is 14.6 Å². The lowest BCUT2D eigenvalue weighted by Gasteiger charge is -2.27. The first-order chi connectivity index (χ1) is 9.26. The van der Waals surface area contributed by atoms with Gasteiger partial charge in [0.1, 0.15) is 5.75 Å². The summed E-state index contributed by atoms with van der Waals surface area (Å²) in [5.74, 6) is 0.386. The topological polar surface area (TPSA) is 58.6 Å². The first kappa shape index (κ1) is 16.5. The molecular weight excluding hydrogens is 254 g/mol. The lowest BCUT2D eigenvalue weighted by Crippen LogP contribution is -2.48. The van der Waals surface area contributed by atoms with Crippen molar-refractivity contribution in [2.75, 3.05) is 0 Å². The van der Waals surface area contributed by atoms with Gasteiger partial charge in [0.05, 0.1) is 6.10 Å². The van der Waals surface area contributed by atoms with Crippen molar-refractivity contribution in [3.8, 4) is 5.75 Å². The summed E-state index contributed by atoms with van der Waals surface area (Å²) < 4.78 is 5.69. The summed E-state index contributed by atoms with van der Waals surface area (Å²) in [5.41, 5.74) is 0.431. The molecule has 0 saturated heterocycles. The van der Waals surface area contributed by atoms with Crippen LogP contribution >= 0.6 is 0 Å². The van der Waals surface area contributed by atoms with E-state index in [1.54, 1.807) is 26.0 Å². The first-order valence-electron chi connectivity index (χ1n) is 7.02. The molecule has 2 atom stereocenters. The average Bonchev–Trinajstić information content (AvgIpc) is 2.38. The van der Waals surface area contributed by atoms with Gasteiger partial charge in [0, 0.05) is 11.1 Å². The van der Waals surface area contributed by atoms with E-state index in [0.717, 1.165) is 6.42 Å². The predicted molar refractivity (Wildman–Crippen MR) is 79.7 cm³/mol. The Morgan fingerprint density at radius 1 is 1.35 bits per heavy atom. The van der Waals surface area contributed by atoms with Crippen LogP contribution in [-0.4, -0.2) is 22.7 Å². The van der Waals surface area contributed by atoms with E-state index in [9.17, 15) is 9.90 Å². The molecule has 0 aliphatic carbocycles. The number of benzene rings is 1. The molecule has 0 aromatic heterocycles. The van der Waals surface area contributed by atoms with Crippen LogP contribution in [0.5, 0.6) is 5.75 Å². The Bertz CT molecular complexity index is 455. The van der Waals surface area contributed by atoms with Crippen LogP contribution < -0.4 is 10.1 Å². The Balaban J connectivity index is 2.76. The molecule has 0 fully saturated rings. The van der Waals surface area contributed by atoms with Crippen molar-refractivity contribution in [1.29, 1.82) is 0 Å². The molecule has 1 aromatic carbocycles. The van der Waals surface area contributed by atoms with Crippen LogP contribution in [0.4, 0.5) is 0 Å². The van der Waals surface area contributed by atoms with Gasteiger partial charge in [0.15, 0.2) is 6.10 Å². The lowest BCUT2D eigenvalue weighted by atomic mass is 10.0. The fourth-order valence-electron chi connectivity index (χ4n) is 1.70. The molecule has 1 rings (SSSR count). The number of ether oxygens (including phenoxy) is 1. The van der Waals surface area contributed by atoms with Gasteiger partial charge in [-0.2, -0.15) is 0 Å². The minimum atomic E-state index is -0.631. The van der Waals surface area contributed by atoms with Crippen molar-refractivity contribution in [3.63, 3.8) is 0 Å². The zero-order chi connectivity index (χ0) is 15.3. The Morgan fingerprint density at radius 2 is 1.95 bits per heavy atom. The molecule has 0 saturated carbocycles. The molecule has 4 heteroatoms. The molecule has 1 aromatic rings. The summed E-state index contributed by atoms with van der Waals surface area (Å²) in [7, 11) is 0. The van der Waals surface area contributed by atoms with Gasteiger partial charge in [-0.1, -0.05) is 25.1 Å². The Hall–Kier alpha value is -1.55. The van der Waals surface area contributed by atoms with Gasteiger partial charge < -0.3 is 15.2 Å². The molecule has 4 nitrogen and oxygen atoms in total. The van der Waals surface area contributed by atoms with Crippen LogP contribution in [0.2, 0.25) is 0 Å². The monoisotopic (exact) mass is 279 g/mol. The summed E-state index contributed by atoms with van der Waals surface area (Å²) in [6.45, 7) is 9.35. The lowest BCUT2D eigenvalue weighted by molar-refractivity contribution is -0.129. The number of hydrogen-bond acceptors (Lipinski definition) is 3. The molecule has 0 heterocycles. The van der Waals surface area contributed by atoms with Gasteiger partial charge in [0.2, 0.25) is 0 Å². The minimum Gasteiger partial charge on any atom is -0.481 e. The van der Waals surface area contributed by atoms with Gasteiger partial charge in [-0.05, 0) is 40.2 Å². The molecule has 2 unspecified atom stereocenters. The SMILES string of the molecule is CCC(C)(C)NC(=O)C(C)Oc1ccccc1C(C)O. The highest BCUT2D eigenvalue weighted by molar-refractivity contribution is 5.81. The number of hydrogen-bond donors (Lipinski definition) is 2. The normalized spacial score (nSPS) is 14.5. The number of para-hydroxylation sites is 1. The van der Waals surface area contributed by atoms with Crippen LogP contribution in [0.15, 0.2) is 24.3 Å². The van der Waals surface area contributed by atoms with Crippen molar-refractivity contribution in [2.24, 2.45) is 0 Å². The molecule has 0 radical (unpaired) electrons. The smallest absolute Gasteiger partial charge is 0.261 e. The standard InChI is InChI=1S/C16H25NO3/c1-6-16(4,5)17-15(19)12(3)20-14-10-8-7-9-13(14)11(2)18/h7-12,18H,6H2,1-5H3,(H,17,19). The maximum Gasteiger partial charge on any atom is 0.261 e. The summed E-state index contributed by atoms with van der Waals surface area (Å²) in [6, 6.07) is 7.21. The van der Waals surface area contributed by atoms with E-state index in [0.29, 0.717) is 11.3 Å². The summed E-state index contributed by atoms with van der Waals surface area (Å²) in [4.78, 5) is 12.1. The Morgan fingerprint density at radius 3 is 2.50 bits per heavy atom. The third-order valence-corrected chi connectivity index (χ3v) is 3.39. The number of amides is 1. The van der Waals surface area contributed by atoms with Crippen LogP contribution in [0.3, 0.4) is 0 Å². The molecule has 0 aliphatic heterocycles. The second-order valence-electron chi connectivity index (χ2n) is 5.70. The molecule has 1 amide bonds. The zero-order valence-corrected chi connectivity index (χ0v) is 12.9. The number of rotatable bonds is 6. The molecule has 112 valence electrons. The maximum atomic E-state index is 12.1. The molecular formula is C16H25NO3. The third-order valence-electron chi connectivity index (χ3n) is 3.39. The number of carbonyl (C=O) groups excluding carboxylic acids is 1. The van der Waals surface area contributed by atoms with Crippen molar-refractivity contribution in [3.05, 3.63) is 29.8 Å². The highest BCUT2D eigenvalue weighted by Gasteiger charge is 2.23. The quantitative estimate of drug-likeness (QED) is 0.842. The van der Waals surface area contributed by atoms with Gasteiger partial charge in [-0.3, -0.25) is 4.79 Å². The van der Waals surface area contributed by atoms with Gasteiger partial charge >= 0.3 is 0 Å². The van der Waals surface area contributed by atoms with E-state index in [2.05, 4.69) is 5.32 Å². The molecule has 0 aliphatic rings. The van der Waals surface area contributed by atoms with Crippen LogP contribution in [0.25, 0.3) is 0 Å². The van der Waals surface area contributed by atoms with Gasteiger partial charge in [-0.15, -0.1) is 0 Å². The second-order valence-corrected chi connectivity index (χ2v) is 5.70. The van der Waals surface area contributed by atoms with E-state index in [4.69, 9.17) is 4.74 Å². The van der Waals surface area contributed by atoms with Crippen molar-refractivity contribution in [1.82, 2.24) is 5.32 Å². The van der Waals surface area contributed by atoms with E-state index < -0.39 is 12.2 Å². The van der Waals surface area contributed by atoms with E-state index >= 15 is 0 Å². The van der Waals surface area contributed by atoms with Gasteiger partial charge in [-0.25, -0.2) is 0 Å². The number of carbonyl (C=O) groups is 1. The number of aliphatic hydroxyl groups excluding tert-OH is 1. The Kier molecular flexibility index (Phi) is 5.57. The summed E-state index contributed by atoms with van der Waals surface area (Å²) >= 11 is 0. The molecule has 2 N–H and O–H groups in total. The summed E-state index contributed by atoms with van der Waals surface area (Å²) in [6.07, 6.45) is -0.398. The minimum absolute atomic E-state index is 0.155. The first-order valence-corrected chi connectivity index (χ1v) is 7.02. The fraction of sp³-hybridized carbons (Fsp3) is 0.562. The second kappa shape index (κ2) is 6.75. The average molecular weight is 279 g/mol. The van der Waals surface area contributed by atoms with Crippen LogP contribution in [0, 0.1) is 0 Å². The van der Waals surface area contributed by atoms with E-state index in [1.807, 2.05) is 32.9 Å². The van der Waals surface area contributed by atoms with Crippen molar-refractivity contribution in [2.45, 2.75) is 58.8 Å². The highest BCUT2D eigenvalue weighted by Crippen LogP contribution is 2.25. The summed E-state index contributed by atoms with van der Waals surface area (Å²) in [5, 5.41) is 12.6. The van der Waals surface area contributed by atoms with Crippen LogP contribution in [0.1, 0.15) is 52.7 Å². The van der Waals surface area contributed by atoms with E-state index in [1.165, 1.54) is 0 Å². The van der Waals surface area contributed by atoms with E-state index in [-0.39, 0.29) is 11.4 Å².